The summed E-state index contributed by atoms with van der Waals surface area (Å²) in [6.45, 7) is 4.78. The molecule has 8 heteroatoms. The van der Waals surface area contributed by atoms with Gasteiger partial charge in [-0.25, -0.2) is 0 Å². The highest BCUT2D eigenvalue weighted by atomic mass is 16.5. The molecule has 0 saturated heterocycles. The first-order valence-electron chi connectivity index (χ1n) is 10.9. The van der Waals surface area contributed by atoms with Crippen molar-refractivity contribution in [1.82, 2.24) is 4.90 Å². The van der Waals surface area contributed by atoms with Crippen LogP contribution >= 0.6 is 0 Å². The van der Waals surface area contributed by atoms with E-state index in [-0.39, 0.29) is 30.0 Å². The molecule has 0 unspecified atom stereocenters. The molecular formula is C25H29N3O5. The predicted octanol–water partition coefficient (Wildman–Crippen LogP) is 3.66. The van der Waals surface area contributed by atoms with Crippen molar-refractivity contribution in [3.8, 4) is 5.75 Å². The molecule has 0 spiro atoms. The van der Waals surface area contributed by atoms with Gasteiger partial charge in [-0.05, 0) is 54.8 Å². The molecule has 1 aliphatic rings. The number of imide groups is 1. The summed E-state index contributed by atoms with van der Waals surface area (Å²) < 4.78 is 10.7. The van der Waals surface area contributed by atoms with E-state index in [0.29, 0.717) is 47.9 Å². The Kier molecular flexibility index (Phi) is 8.21. The number of hydrogen-bond donors (Lipinski definition) is 2. The number of rotatable bonds is 11. The van der Waals surface area contributed by atoms with Gasteiger partial charge >= 0.3 is 0 Å². The first-order chi connectivity index (χ1) is 15.9. The maximum atomic E-state index is 13.2. The van der Waals surface area contributed by atoms with Crippen molar-refractivity contribution in [2.24, 2.45) is 0 Å². The Balaban J connectivity index is 1.91. The molecule has 3 amide bonds. The van der Waals surface area contributed by atoms with Gasteiger partial charge in [-0.15, -0.1) is 0 Å². The Bertz CT molecular complexity index is 1030. The minimum absolute atomic E-state index is 0.171. The van der Waals surface area contributed by atoms with E-state index in [1.54, 1.807) is 55.6 Å². The van der Waals surface area contributed by atoms with Crippen LogP contribution < -0.4 is 15.4 Å². The highest BCUT2D eigenvalue weighted by Gasteiger charge is 2.38. The van der Waals surface area contributed by atoms with Crippen molar-refractivity contribution in [2.75, 3.05) is 37.5 Å². The van der Waals surface area contributed by atoms with Crippen molar-refractivity contribution in [3.63, 3.8) is 0 Å². The van der Waals surface area contributed by atoms with Gasteiger partial charge < -0.3 is 20.1 Å². The Labute approximate surface area is 193 Å². The first-order valence-corrected chi connectivity index (χ1v) is 10.9. The second-order valence-corrected chi connectivity index (χ2v) is 7.61. The number of benzene rings is 2. The zero-order valence-electron chi connectivity index (χ0n) is 19.1. The summed E-state index contributed by atoms with van der Waals surface area (Å²) in [6, 6.07) is 14.1. The maximum absolute atomic E-state index is 13.2. The van der Waals surface area contributed by atoms with Crippen LogP contribution in [-0.2, 0) is 19.1 Å². The number of carbonyl (C=O) groups is 3. The third-order valence-corrected chi connectivity index (χ3v) is 4.99. The number of ether oxygens (including phenoxy) is 2. The Morgan fingerprint density at radius 1 is 0.939 bits per heavy atom. The Morgan fingerprint density at radius 2 is 1.61 bits per heavy atom. The fourth-order valence-electron chi connectivity index (χ4n) is 3.45. The molecule has 0 saturated carbocycles. The van der Waals surface area contributed by atoms with E-state index in [0.717, 1.165) is 6.42 Å². The normalized spacial score (nSPS) is 13.5. The molecule has 0 fully saturated rings. The number of hydrogen-bond acceptors (Lipinski definition) is 6. The molecular weight excluding hydrogens is 422 g/mol. The molecule has 1 heterocycles. The van der Waals surface area contributed by atoms with Crippen LogP contribution in [0, 0.1) is 0 Å². The lowest BCUT2D eigenvalue weighted by atomic mass is 10.0. The minimum Gasteiger partial charge on any atom is -0.494 e. The highest BCUT2D eigenvalue weighted by molar-refractivity contribution is 6.36. The van der Waals surface area contributed by atoms with Gasteiger partial charge in [0.05, 0.1) is 12.2 Å². The van der Waals surface area contributed by atoms with E-state index in [9.17, 15) is 14.4 Å². The van der Waals surface area contributed by atoms with Crippen LogP contribution in [-0.4, -0.2) is 49.5 Å². The Hall–Kier alpha value is -3.65. The fraction of sp³-hybridized carbons (Fsp3) is 0.320. The third kappa shape index (κ3) is 5.98. The van der Waals surface area contributed by atoms with Crippen molar-refractivity contribution in [3.05, 3.63) is 59.8 Å². The summed E-state index contributed by atoms with van der Waals surface area (Å²) in [5, 5.41) is 5.81. The molecule has 2 aromatic carbocycles. The summed E-state index contributed by atoms with van der Waals surface area (Å²) in [4.78, 5) is 38.9. The van der Waals surface area contributed by atoms with E-state index < -0.39 is 0 Å². The number of carbonyl (C=O) groups excluding carboxylic acids is 3. The lowest BCUT2D eigenvalue weighted by Gasteiger charge is -2.15. The molecule has 0 bridgehead atoms. The molecule has 0 aliphatic carbocycles. The fourth-order valence-corrected chi connectivity index (χ4v) is 3.45. The van der Waals surface area contributed by atoms with Crippen LogP contribution in [0.5, 0.6) is 5.75 Å². The van der Waals surface area contributed by atoms with Crippen LogP contribution in [0.1, 0.15) is 32.3 Å². The summed E-state index contributed by atoms with van der Waals surface area (Å²) in [5.41, 5.74) is 2.42. The number of amides is 3. The SMILES string of the molecule is CCCOc1ccc(C2=C(Nc3ccc(NC(C)=O)cc3)C(=O)N(CCCOC)C2=O)cc1. The molecule has 3 rings (SSSR count). The van der Waals surface area contributed by atoms with Crippen LogP contribution in [0.4, 0.5) is 11.4 Å². The van der Waals surface area contributed by atoms with Crippen LogP contribution in [0.3, 0.4) is 0 Å². The quantitative estimate of drug-likeness (QED) is 0.400. The second kappa shape index (κ2) is 11.3. The lowest BCUT2D eigenvalue weighted by molar-refractivity contribution is -0.137. The molecule has 0 radical (unpaired) electrons. The van der Waals surface area contributed by atoms with E-state index in [1.807, 2.05) is 6.92 Å². The zero-order chi connectivity index (χ0) is 23.8. The van der Waals surface area contributed by atoms with Gasteiger partial charge in [0.25, 0.3) is 11.8 Å². The number of methoxy groups -OCH3 is 1. The van der Waals surface area contributed by atoms with Crippen LogP contribution in [0.2, 0.25) is 0 Å². The molecule has 2 N–H and O–H groups in total. The number of nitrogens with one attached hydrogen (secondary N) is 2. The van der Waals surface area contributed by atoms with Gasteiger partial charge in [0.1, 0.15) is 11.4 Å². The molecule has 2 aromatic rings. The number of nitrogens with zero attached hydrogens (tertiary/aromatic N) is 1. The van der Waals surface area contributed by atoms with Crippen molar-refractivity contribution < 1.29 is 23.9 Å². The average Bonchev–Trinajstić information content (AvgIpc) is 3.03. The molecule has 0 atom stereocenters. The second-order valence-electron chi connectivity index (χ2n) is 7.61. The van der Waals surface area contributed by atoms with Gasteiger partial charge in [-0.3, -0.25) is 19.3 Å². The van der Waals surface area contributed by atoms with E-state index in [1.165, 1.54) is 11.8 Å². The smallest absolute Gasteiger partial charge is 0.278 e. The molecule has 1 aliphatic heterocycles. The standard InChI is InChI=1S/C25H29N3O5/c1-4-15-33-21-12-6-18(7-13-21)22-23(25(31)28(24(22)30)14-5-16-32-3)27-20-10-8-19(9-11-20)26-17(2)29/h6-13,27H,4-5,14-16H2,1-3H3,(H,26,29). The molecule has 33 heavy (non-hydrogen) atoms. The highest BCUT2D eigenvalue weighted by Crippen LogP contribution is 2.31. The maximum Gasteiger partial charge on any atom is 0.278 e. The number of anilines is 2. The third-order valence-electron chi connectivity index (χ3n) is 4.99. The van der Waals surface area contributed by atoms with Gasteiger partial charge in [-0.1, -0.05) is 19.1 Å². The first kappa shape index (κ1) is 24.0. The van der Waals surface area contributed by atoms with Crippen molar-refractivity contribution >= 4 is 34.7 Å². The van der Waals surface area contributed by atoms with Gasteiger partial charge in [0.15, 0.2) is 0 Å². The monoisotopic (exact) mass is 451 g/mol. The van der Waals surface area contributed by atoms with E-state index >= 15 is 0 Å². The molecule has 0 aromatic heterocycles. The zero-order valence-corrected chi connectivity index (χ0v) is 19.1. The van der Waals surface area contributed by atoms with Crippen molar-refractivity contribution in [1.29, 1.82) is 0 Å². The minimum atomic E-state index is -0.386. The van der Waals surface area contributed by atoms with E-state index in [2.05, 4.69) is 10.6 Å². The topological polar surface area (TPSA) is 97.0 Å². The molecule has 8 nitrogen and oxygen atoms in total. The Morgan fingerprint density at radius 3 is 2.21 bits per heavy atom. The van der Waals surface area contributed by atoms with Gasteiger partial charge in [0.2, 0.25) is 5.91 Å². The lowest BCUT2D eigenvalue weighted by Crippen LogP contribution is -2.33. The summed E-state index contributed by atoms with van der Waals surface area (Å²) in [5.74, 6) is -0.202. The molecule has 174 valence electrons. The van der Waals surface area contributed by atoms with Crippen molar-refractivity contribution in [2.45, 2.75) is 26.7 Å². The van der Waals surface area contributed by atoms with Crippen LogP contribution in [0.25, 0.3) is 5.57 Å². The predicted molar refractivity (Wildman–Crippen MR) is 127 cm³/mol. The summed E-state index contributed by atoms with van der Waals surface area (Å²) in [7, 11) is 1.58. The van der Waals surface area contributed by atoms with E-state index in [4.69, 9.17) is 9.47 Å². The average molecular weight is 452 g/mol. The summed E-state index contributed by atoms with van der Waals surface area (Å²) in [6.07, 6.45) is 1.44. The van der Waals surface area contributed by atoms with Crippen LogP contribution in [0.15, 0.2) is 54.2 Å². The van der Waals surface area contributed by atoms with Gasteiger partial charge in [-0.2, -0.15) is 0 Å². The summed E-state index contributed by atoms with van der Waals surface area (Å²) >= 11 is 0. The largest absolute Gasteiger partial charge is 0.494 e. The van der Waals surface area contributed by atoms with Gasteiger partial charge in [0, 0.05) is 38.6 Å².